The van der Waals surface area contributed by atoms with Crippen molar-refractivity contribution in [3.63, 3.8) is 0 Å². The zero-order valence-electron chi connectivity index (χ0n) is 14.3. The molecule has 0 amide bonds. The maximum Gasteiger partial charge on any atom is 0.432 e. The van der Waals surface area contributed by atoms with Crippen LogP contribution >= 0.6 is 12.4 Å². The number of nitrogens with one attached hydrogen (secondary N) is 1. The lowest BCUT2D eigenvalue weighted by molar-refractivity contribution is -0.244. The molecule has 0 spiro atoms. The van der Waals surface area contributed by atoms with Gasteiger partial charge in [-0.1, -0.05) is 35.6 Å². The number of allylic oxidation sites excluding steroid dienone is 3. The summed E-state index contributed by atoms with van der Waals surface area (Å²) in [7, 11) is 0. The molecule has 0 heterocycles. The average molecular weight is 362 g/mol. The van der Waals surface area contributed by atoms with Gasteiger partial charge in [0.05, 0.1) is 19.3 Å². The first kappa shape index (κ1) is 20.3. The molecular formula is C18H20ClN3O3. The molecule has 7 heteroatoms. The van der Waals surface area contributed by atoms with Gasteiger partial charge in [-0.05, 0) is 26.3 Å². The summed E-state index contributed by atoms with van der Waals surface area (Å²) in [5.74, 6) is -0.0860. The van der Waals surface area contributed by atoms with E-state index >= 15 is 0 Å². The van der Waals surface area contributed by atoms with E-state index in [4.69, 9.17) is 20.3 Å². The van der Waals surface area contributed by atoms with Gasteiger partial charge in [0, 0.05) is 5.57 Å². The quantitative estimate of drug-likeness (QED) is 0.641. The van der Waals surface area contributed by atoms with Gasteiger partial charge in [-0.25, -0.2) is 0 Å². The minimum atomic E-state index is -0.339. The van der Waals surface area contributed by atoms with E-state index in [1.165, 1.54) is 6.08 Å². The molecule has 1 aliphatic rings. The van der Waals surface area contributed by atoms with Gasteiger partial charge in [-0.15, -0.1) is 12.4 Å². The third kappa shape index (κ3) is 4.20. The lowest BCUT2D eigenvalue weighted by Crippen LogP contribution is -2.22. The van der Waals surface area contributed by atoms with Crippen molar-refractivity contribution < 1.29 is 14.6 Å². The second-order valence-electron chi connectivity index (χ2n) is 5.13. The number of ether oxygens (including phenoxy) is 2. The van der Waals surface area contributed by atoms with E-state index < -0.39 is 0 Å². The number of halogens is 1. The molecule has 2 rings (SSSR count). The summed E-state index contributed by atoms with van der Waals surface area (Å²) in [5, 5.41) is 30.4. The molecule has 1 aromatic carbocycles. The Labute approximate surface area is 153 Å². The van der Waals surface area contributed by atoms with Crippen LogP contribution in [0.2, 0.25) is 0 Å². The van der Waals surface area contributed by atoms with E-state index in [0.29, 0.717) is 12.2 Å². The molecule has 0 unspecified atom stereocenters. The number of aryl methyl sites for hydroxylation is 1. The molecule has 0 aliphatic heterocycles. The summed E-state index contributed by atoms with van der Waals surface area (Å²) < 4.78 is 10.9. The molecule has 0 aromatic heterocycles. The third-order valence-corrected chi connectivity index (χ3v) is 3.46. The number of benzene rings is 1. The molecule has 0 radical (unpaired) electrons. The summed E-state index contributed by atoms with van der Waals surface area (Å²) in [6, 6.07) is 7.07. The molecule has 6 nitrogen and oxygen atoms in total. The fourth-order valence-corrected chi connectivity index (χ4v) is 2.34. The highest BCUT2D eigenvalue weighted by Crippen LogP contribution is 2.32. The highest BCUT2D eigenvalue weighted by Gasteiger charge is 2.33. The van der Waals surface area contributed by atoms with Crippen molar-refractivity contribution in [1.29, 1.82) is 10.8 Å². The number of hydrogen-bond acceptors (Lipinski definition) is 5. The minimum absolute atomic E-state index is 0. The van der Waals surface area contributed by atoms with Gasteiger partial charge in [0.15, 0.2) is 4.98 Å². The van der Waals surface area contributed by atoms with Crippen LogP contribution in [0.1, 0.15) is 25.0 Å². The lowest BCUT2D eigenvalue weighted by atomic mass is 9.95. The normalized spacial score (nSPS) is 15.8. The van der Waals surface area contributed by atoms with Crippen molar-refractivity contribution >= 4 is 23.9 Å². The van der Waals surface area contributed by atoms with Gasteiger partial charge < -0.3 is 14.6 Å². The van der Waals surface area contributed by atoms with Gasteiger partial charge in [-0.3, -0.25) is 5.41 Å². The van der Waals surface area contributed by atoms with Gasteiger partial charge in [-0.2, -0.15) is 0 Å². The highest BCUT2D eigenvalue weighted by atomic mass is 35.5. The topological polar surface area (TPSA) is 93.5 Å². The van der Waals surface area contributed by atoms with Crippen molar-refractivity contribution in [3.8, 4) is 0 Å². The Morgan fingerprint density at radius 1 is 1.16 bits per heavy atom. The van der Waals surface area contributed by atoms with E-state index in [1.54, 1.807) is 26.0 Å². The fraction of sp³-hybridized carbons (Fsp3) is 0.278. The second-order valence-corrected chi connectivity index (χ2v) is 5.13. The molecule has 1 aliphatic carbocycles. The minimum Gasteiger partial charge on any atom is -0.872 e. The van der Waals surface area contributed by atoms with Crippen molar-refractivity contribution in [2.75, 3.05) is 13.2 Å². The first-order valence-electron chi connectivity index (χ1n) is 7.68. The Balaban J connectivity index is 0.00000312. The molecule has 1 aromatic rings. The van der Waals surface area contributed by atoms with Crippen molar-refractivity contribution in [2.45, 2.75) is 20.8 Å². The van der Waals surface area contributed by atoms with Gasteiger partial charge in [0.2, 0.25) is 11.2 Å². The summed E-state index contributed by atoms with van der Waals surface area (Å²) in [6.07, 6.45) is 1.41. The van der Waals surface area contributed by atoms with Crippen LogP contribution in [-0.4, -0.2) is 18.9 Å². The number of nitrogens with zero attached hydrogens (tertiary/aromatic N) is 2. The predicted molar refractivity (Wildman–Crippen MR) is 96.5 cm³/mol. The maximum absolute atomic E-state index is 12.9. The highest BCUT2D eigenvalue weighted by molar-refractivity contribution is 6.17. The molecule has 0 bridgehead atoms. The number of rotatable bonds is 5. The molecule has 25 heavy (non-hydrogen) atoms. The Morgan fingerprint density at radius 2 is 1.76 bits per heavy atom. The Morgan fingerprint density at radius 3 is 2.28 bits per heavy atom. The Hall–Kier alpha value is -2.78. The number of diazo groups is 1. The molecule has 0 fully saturated rings. The van der Waals surface area contributed by atoms with E-state index in [1.807, 2.05) is 19.1 Å². The van der Waals surface area contributed by atoms with Crippen molar-refractivity contribution in [2.24, 2.45) is 0 Å². The SMILES string of the molecule is CCOC1=CC([N+]#N)=C(OCC)C(=N)C1=C([O-])c1ccc(C)cc1.Cl. The van der Waals surface area contributed by atoms with Gasteiger partial charge in [0.25, 0.3) is 0 Å². The standard InChI is InChI=1S/C18H19N3O3.ClH/c1-4-23-14-10-13(21-20)18(24-5-2)16(19)15(14)17(22)12-8-6-11(3)7-9-12;/h6-10H,4-5H2,1-3H3,(H-,19,22);1H. The van der Waals surface area contributed by atoms with Crippen LogP contribution in [0.25, 0.3) is 10.7 Å². The maximum atomic E-state index is 12.9. The molecule has 0 saturated heterocycles. The molecule has 0 atom stereocenters. The largest absolute Gasteiger partial charge is 0.872 e. The molecule has 0 saturated carbocycles. The van der Waals surface area contributed by atoms with Crippen LogP contribution in [0.15, 0.2) is 53.1 Å². The molecule has 132 valence electrons. The lowest BCUT2D eigenvalue weighted by Gasteiger charge is -2.24. The summed E-state index contributed by atoms with van der Waals surface area (Å²) >= 11 is 0. The third-order valence-electron chi connectivity index (χ3n) is 3.46. The molecular weight excluding hydrogens is 342 g/mol. The zero-order chi connectivity index (χ0) is 17.7. The Kier molecular flexibility index (Phi) is 7.22. The Bertz CT molecular complexity index is 787. The zero-order valence-corrected chi connectivity index (χ0v) is 15.1. The number of hydrogen-bond donors (Lipinski definition) is 1. The first-order chi connectivity index (χ1) is 11.5. The summed E-state index contributed by atoms with van der Waals surface area (Å²) in [4.78, 5) is 3.14. The second kappa shape index (κ2) is 8.90. The van der Waals surface area contributed by atoms with Crippen LogP contribution in [0.4, 0.5) is 0 Å². The van der Waals surface area contributed by atoms with Crippen LogP contribution in [0.3, 0.4) is 0 Å². The summed E-state index contributed by atoms with van der Waals surface area (Å²) in [5.41, 5.74) is 1.49. The van der Waals surface area contributed by atoms with Crippen LogP contribution in [-0.2, 0) is 9.47 Å². The van der Waals surface area contributed by atoms with E-state index in [-0.39, 0.29) is 53.3 Å². The van der Waals surface area contributed by atoms with Crippen LogP contribution in [0.5, 0.6) is 0 Å². The summed E-state index contributed by atoms with van der Waals surface area (Å²) in [6.45, 7) is 6.04. The smallest absolute Gasteiger partial charge is 0.432 e. The fourth-order valence-electron chi connectivity index (χ4n) is 2.34. The van der Waals surface area contributed by atoms with Gasteiger partial charge in [0.1, 0.15) is 11.5 Å². The van der Waals surface area contributed by atoms with Crippen molar-refractivity contribution in [3.05, 3.63) is 69.2 Å². The van der Waals surface area contributed by atoms with Crippen LogP contribution < -0.4 is 5.11 Å². The molecule has 1 N–H and O–H groups in total. The first-order valence-corrected chi connectivity index (χ1v) is 7.68. The average Bonchev–Trinajstić information content (AvgIpc) is 2.57. The van der Waals surface area contributed by atoms with Crippen LogP contribution in [0, 0.1) is 17.7 Å². The van der Waals surface area contributed by atoms with Gasteiger partial charge >= 0.3 is 5.70 Å². The van der Waals surface area contributed by atoms with E-state index in [2.05, 4.69) is 4.98 Å². The predicted octanol–water partition coefficient (Wildman–Crippen LogP) is 3.54. The van der Waals surface area contributed by atoms with Crippen molar-refractivity contribution in [1.82, 2.24) is 0 Å². The van der Waals surface area contributed by atoms with E-state index in [0.717, 1.165) is 5.56 Å². The monoisotopic (exact) mass is 361 g/mol. The van der Waals surface area contributed by atoms with E-state index in [9.17, 15) is 5.11 Å².